The first-order valence-electron chi connectivity index (χ1n) is 6.38. The highest BCUT2D eigenvalue weighted by molar-refractivity contribution is 7.10. The number of hydrogen-bond donors (Lipinski definition) is 1. The van der Waals surface area contributed by atoms with Gasteiger partial charge in [0.2, 0.25) is 0 Å². The van der Waals surface area contributed by atoms with Crippen molar-refractivity contribution in [3.8, 4) is 11.8 Å². The molecule has 0 unspecified atom stereocenters. The van der Waals surface area contributed by atoms with Crippen LogP contribution in [0.25, 0.3) is 0 Å². The molecule has 5 heteroatoms. The fraction of sp³-hybridized carbons (Fsp3) is 0.188. The van der Waals surface area contributed by atoms with Crippen molar-refractivity contribution < 1.29 is 4.79 Å². The molecule has 0 radical (unpaired) electrons. The average Bonchev–Trinajstić information content (AvgIpc) is 2.95. The highest BCUT2D eigenvalue weighted by Crippen LogP contribution is 2.19. The average molecular weight is 319 g/mol. The van der Waals surface area contributed by atoms with E-state index in [0.29, 0.717) is 23.7 Å². The third-order valence-electron chi connectivity index (χ3n) is 2.87. The van der Waals surface area contributed by atoms with Gasteiger partial charge in [-0.05, 0) is 17.7 Å². The summed E-state index contributed by atoms with van der Waals surface area (Å²) in [6.07, 6.45) is 0. The van der Waals surface area contributed by atoms with Crippen LogP contribution < -0.4 is 5.73 Å². The third kappa shape index (κ3) is 4.08. The molecule has 0 fully saturated rings. The molecule has 0 bridgehead atoms. The predicted octanol–water partition coefficient (Wildman–Crippen LogP) is 2.98. The lowest BCUT2D eigenvalue weighted by molar-refractivity contribution is 0.0785. The Labute approximate surface area is 133 Å². The lowest BCUT2D eigenvalue weighted by Gasteiger charge is -2.17. The van der Waals surface area contributed by atoms with Crippen LogP contribution in [0.2, 0.25) is 5.02 Å². The molecule has 108 valence electrons. The first kappa shape index (κ1) is 15.6. The molecule has 2 N–H and O–H groups in total. The lowest BCUT2D eigenvalue weighted by Crippen LogP contribution is -2.25. The Hall–Kier alpha value is -1.80. The molecule has 0 aliphatic rings. The highest BCUT2D eigenvalue weighted by atomic mass is 35.5. The van der Waals surface area contributed by atoms with Gasteiger partial charge < -0.3 is 10.6 Å². The Balaban J connectivity index is 2.09. The second kappa shape index (κ2) is 7.28. The van der Waals surface area contributed by atoms with E-state index in [1.54, 1.807) is 18.0 Å². The molecule has 0 atom stereocenters. The van der Waals surface area contributed by atoms with Crippen LogP contribution in [0.3, 0.4) is 0 Å². The molecule has 2 rings (SSSR count). The largest absolute Gasteiger partial charge is 0.337 e. The molecule has 0 spiro atoms. The van der Waals surface area contributed by atoms with E-state index in [9.17, 15) is 4.79 Å². The van der Waals surface area contributed by atoms with E-state index in [1.165, 1.54) is 11.3 Å². The molecule has 0 saturated heterocycles. The van der Waals surface area contributed by atoms with E-state index in [2.05, 4.69) is 11.8 Å². The van der Waals surface area contributed by atoms with Gasteiger partial charge in [-0.15, -0.1) is 11.3 Å². The summed E-state index contributed by atoms with van der Waals surface area (Å²) in [5, 5.41) is 2.48. The van der Waals surface area contributed by atoms with Crippen LogP contribution in [-0.2, 0) is 6.54 Å². The second-order valence-corrected chi connectivity index (χ2v) is 5.78. The van der Waals surface area contributed by atoms with Gasteiger partial charge in [0, 0.05) is 24.0 Å². The monoisotopic (exact) mass is 318 g/mol. The van der Waals surface area contributed by atoms with Gasteiger partial charge in [-0.25, -0.2) is 0 Å². The van der Waals surface area contributed by atoms with Crippen LogP contribution in [0.1, 0.15) is 20.8 Å². The standard InChI is InChI=1S/C16H15ClN2OS/c1-19(10-12-5-2-3-7-15(12)17)16(20)13-9-14(21-11-13)6-4-8-18/h2-3,5,7,9,11H,8,10,18H2,1H3. The summed E-state index contributed by atoms with van der Waals surface area (Å²) in [5.74, 6) is 5.66. The van der Waals surface area contributed by atoms with Gasteiger partial charge in [-0.3, -0.25) is 4.79 Å². The smallest absolute Gasteiger partial charge is 0.254 e. The SMILES string of the molecule is CN(Cc1ccccc1Cl)C(=O)c1csc(C#CCN)c1. The van der Waals surface area contributed by atoms with E-state index < -0.39 is 0 Å². The van der Waals surface area contributed by atoms with Crippen LogP contribution >= 0.6 is 22.9 Å². The number of nitrogens with zero attached hydrogens (tertiary/aromatic N) is 1. The summed E-state index contributed by atoms with van der Waals surface area (Å²) >= 11 is 7.56. The van der Waals surface area contributed by atoms with E-state index >= 15 is 0 Å². The van der Waals surface area contributed by atoms with Gasteiger partial charge in [0.1, 0.15) is 0 Å². The molecule has 3 nitrogen and oxygen atoms in total. The third-order valence-corrected chi connectivity index (χ3v) is 4.09. The zero-order valence-electron chi connectivity index (χ0n) is 11.6. The minimum atomic E-state index is -0.0491. The maximum absolute atomic E-state index is 12.4. The van der Waals surface area contributed by atoms with Crippen molar-refractivity contribution in [1.29, 1.82) is 0 Å². The lowest BCUT2D eigenvalue weighted by atomic mass is 10.2. The summed E-state index contributed by atoms with van der Waals surface area (Å²) in [5.41, 5.74) is 6.89. The van der Waals surface area contributed by atoms with Gasteiger partial charge >= 0.3 is 0 Å². The van der Waals surface area contributed by atoms with Crippen molar-refractivity contribution >= 4 is 28.8 Å². The minimum Gasteiger partial charge on any atom is -0.337 e. The first-order valence-corrected chi connectivity index (χ1v) is 7.64. The van der Waals surface area contributed by atoms with Gasteiger partial charge in [0.15, 0.2) is 0 Å². The van der Waals surface area contributed by atoms with Crippen LogP contribution in [0.5, 0.6) is 0 Å². The van der Waals surface area contributed by atoms with Crippen molar-refractivity contribution in [1.82, 2.24) is 4.90 Å². The number of benzene rings is 1. The number of rotatable bonds is 3. The molecule has 21 heavy (non-hydrogen) atoms. The topological polar surface area (TPSA) is 46.3 Å². The fourth-order valence-electron chi connectivity index (χ4n) is 1.83. The normalized spacial score (nSPS) is 9.86. The molecule has 2 aromatic rings. The zero-order chi connectivity index (χ0) is 15.2. The summed E-state index contributed by atoms with van der Waals surface area (Å²) in [4.78, 5) is 14.8. The molecule has 0 aliphatic heterocycles. The van der Waals surface area contributed by atoms with Crippen LogP contribution in [0.15, 0.2) is 35.7 Å². The maximum Gasteiger partial charge on any atom is 0.254 e. The Kier molecular flexibility index (Phi) is 5.40. The Morgan fingerprint density at radius 3 is 2.90 bits per heavy atom. The van der Waals surface area contributed by atoms with Gasteiger partial charge in [0.05, 0.1) is 17.0 Å². The molecule has 1 aromatic heterocycles. The first-order chi connectivity index (χ1) is 10.1. The quantitative estimate of drug-likeness (QED) is 0.884. The Bertz CT molecular complexity index is 700. The van der Waals surface area contributed by atoms with Crippen LogP contribution in [0, 0.1) is 11.8 Å². The number of halogens is 1. The number of amides is 1. The van der Waals surface area contributed by atoms with Crippen molar-refractivity contribution in [3.05, 3.63) is 56.7 Å². The van der Waals surface area contributed by atoms with Crippen molar-refractivity contribution in [2.75, 3.05) is 13.6 Å². The molecule has 1 amide bonds. The fourth-order valence-corrected chi connectivity index (χ4v) is 2.77. The second-order valence-electron chi connectivity index (χ2n) is 4.46. The Morgan fingerprint density at radius 2 is 2.19 bits per heavy atom. The predicted molar refractivity (Wildman–Crippen MR) is 87.5 cm³/mol. The van der Waals surface area contributed by atoms with Gasteiger partial charge in [-0.1, -0.05) is 41.6 Å². The van der Waals surface area contributed by atoms with E-state index in [1.807, 2.05) is 29.6 Å². The molecule has 1 aromatic carbocycles. The summed E-state index contributed by atoms with van der Waals surface area (Å²) in [6.45, 7) is 0.783. The molecule has 0 saturated carbocycles. The highest BCUT2D eigenvalue weighted by Gasteiger charge is 2.14. The maximum atomic E-state index is 12.4. The van der Waals surface area contributed by atoms with Gasteiger partial charge in [0.25, 0.3) is 5.91 Å². The number of thiophene rings is 1. The summed E-state index contributed by atoms with van der Waals surface area (Å²) < 4.78 is 0. The molecule has 0 aliphatic carbocycles. The summed E-state index contributed by atoms with van der Waals surface area (Å²) in [6, 6.07) is 9.30. The molecular weight excluding hydrogens is 304 g/mol. The number of nitrogens with two attached hydrogens (primary N) is 1. The van der Waals surface area contributed by atoms with E-state index in [4.69, 9.17) is 17.3 Å². The van der Waals surface area contributed by atoms with E-state index in [-0.39, 0.29) is 5.91 Å². The Morgan fingerprint density at radius 1 is 1.43 bits per heavy atom. The van der Waals surface area contributed by atoms with Crippen molar-refractivity contribution in [2.24, 2.45) is 5.73 Å². The van der Waals surface area contributed by atoms with E-state index in [0.717, 1.165) is 10.4 Å². The molecular formula is C16H15ClN2OS. The summed E-state index contributed by atoms with van der Waals surface area (Å²) in [7, 11) is 1.76. The van der Waals surface area contributed by atoms with Crippen LogP contribution in [0.4, 0.5) is 0 Å². The van der Waals surface area contributed by atoms with Crippen molar-refractivity contribution in [3.63, 3.8) is 0 Å². The number of hydrogen-bond acceptors (Lipinski definition) is 3. The molecule has 1 heterocycles. The number of carbonyl (C=O) groups excluding carboxylic acids is 1. The van der Waals surface area contributed by atoms with Crippen molar-refractivity contribution in [2.45, 2.75) is 6.54 Å². The zero-order valence-corrected chi connectivity index (χ0v) is 13.2. The minimum absolute atomic E-state index is 0.0491. The van der Waals surface area contributed by atoms with Crippen LogP contribution in [-0.4, -0.2) is 24.4 Å². The van der Waals surface area contributed by atoms with Gasteiger partial charge in [-0.2, -0.15) is 0 Å². The number of carbonyl (C=O) groups is 1.